The van der Waals surface area contributed by atoms with E-state index in [4.69, 9.17) is 25.9 Å². The van der Waals surface area contributed by atoms with Crippen LogP contribution in [-0.2, 0) is 13.2 Å². The highest BCUT2D eigenvalue weighted by molar-refractivity contribution is 6.30. The SMILES string of the molecule is O=Cc1ccc(Cl)cc1OCc1cn(Cc2cc(=O)c(O)co2)nn1. The van der Waals surface area contributed by atoms with Crippen molar-refractivity contribution in [2.24, 2.45) is 0 Å². The number of rotatable bonds is 6. The van der Waals surface area contributed by atoms with Crippen molar-refractivity contribution in [1.29, 1.82) is 0 Å². The van der Waals surface area contributed by atoms with E-state index in [1.807, 2.05) is 0 Å². The molecule has 3 rings (SSSR count). The van der Waals surface area contributed by atoms with Gasteiger partial charge < -0.3 is 14.3 Å². The molecular weight excluding hydrogens is 350 g/mol. The fourth-order valence-corrected chi connectivity index (χ4v) is 2.21. The van der Waals surface area contributed by atoms with E-state index in [2.05, 4.69) is 10.3 Å². The maximum absolute atomic E-state index is 11.4. The maximum Gasteiger partial charge on any atom is 0.226 e. The summed E-state index contributed by atoms with van der Waals surface area (Å²) < 4.78 is 12.1. The zero-order valence-corrected chi connectivity index (χ0v) is 13.5. The number of halogens is 1. The zero-order chi connectivity index (χ0) is 17.8. The Kier molecular flexibility index (Phi) is 4.80. The lowest BCUT2D eigenvalue weighted by atomic mass is 10.2. The van der Waals surface area contributed by atoms with E-state index in [0.29, 0.717) is 34.1 Å². The third-order valence-corrected chi connectivity index (χ3v) is 3.48. The van der Waals surface area contributed by atoms with Crippen LogP contribution in [0.25, 0.3) is 0 Å². The second-order valence-corrected chi connectivity index (χ2v) is 5.53. The largest absolute Gasteiger partial charge is 0.502 e. The number of nitrogens with zero attached hydrogens (tertiary/aromatic N) is 3. The minimum atomic E-state index is -0.535. The predicted molar refractivity (Wildman–Crippen MR) is 86.9 cm³/mol. The standard InChI is InChI=1S/C16H12ClN3O5/c17-11-2-1-10(7-21)16(3-11)25-8-12-5-20(19-18-12)6-13-4-14(22)15(23)9-24-13/h1-5,7,9,23H,6,8H2. The van der Waals surface area contributed by atoms with Crippen LogP contribution in [0.15, 0.2) is 45.9 Å². The molecule has 8 nitrogen and oxygen atoms in total. The molecule has 25 heavy (non-hydrogen) atoms. The van der Waals surface area contributed by atoms with Gasteiger partial charge in [0, 0.05) is 11.1 Å². The molecule has 0 aliphatic rings. The van der Waals surface area contributed by atoms with Crippen molar-refractivity contribution >= 4 is 17.9 Å². The lowest BCUT2D eigenvalue weighted by molar-refractivity contribution is 0.111. The molecule has 1 N–H and O–H groups in total. The minimum absolute atomic E-state index is 0.0840. The lowest BCUT2D eigenvalue weighted by Gasteiger charge is -2.06. The third-order valence-electron chi connectivity index (χ3n) is 3.25. The Bertz CT molecular complexity index is 966. The molecule has 0 saturated heterocycles. The maximum atomic E-state index is 11.4. The van der Waals surface area contributed by atoms with E-state index in [1.165, 1.54) is 10.7 Å². The number of carbonyl (C=O) groups excluding carboxylic acids is 1. The van der Waals surface area contributed by atoms with Gasteiger partial charge in [-0.15, -0.1) is 5.10 Å². The molecule has 0 spiro atoms. The van der Waals surface area contributed by atoms with Crippen LogP contribution < -0.4 is 10.2 Å². The molecule has 1 aromatic carbocycles. The van der Waals surface area contributed by atoms with Crippen LogP contribution in [-0.4, -0.2) is 26.4 Å². The fraction of sp³-hybridized carbons (Fsp3) is 0.125. The summed E-state index contributed by atoms with van der Waals surface area (Å²) in [4.78, 5) is 22.4. The molecule has 2 heterocycles. The van der Waals surface area contributed by atoms with E-state index in [0.717, 1.165) is 6.26 Å². The molecule has 0 atom stereocenters. The van der Waals surface area contributed by atoms with Crippen LogP contribution in [0, 0.1) is 0 Å². The average Bonchev–Trinajstić information content (AvgIpc) is 3.04. The minimum Gasteiger partial charge on any atom is -0.502 e. The van der Waals surface area contributed by atoms with Crippen LogP contribution in [0.5, 0.6) is 11.5 Å². The van der Waals surface area contributed by atoms with Crippen LogP contribution in [0.2, 0.25) is 5.02 Å². The highest BCUT2D eigenvalue weighted by Crippen LogP contribution is 2.22. The molecule has 0 aliphatic carbocycles. The monoisotopic (exact) mass is 361 g/mol. The summed E-state index contributed by atoms with van der Waals surface area (Å²) in [5.41, 5.74) is 0.355. The topological polar surface area (TPSA) is 107 Å². The fourth-order valence-electron chi connectivity index (χ4n) is 2.05. The van der Waals surface area contributed by atoms with Gasteiger partial charge in [0.05, 0.1) is 11.8 Å². The molecule has 128 valence electrons. The number of aromatic nitrogens is 3. The zero-order valence-electron chi connectivity index (χ0n) is 12.8. The van der Waals surface area contributed by atoms with E-state index in [-0.39, 0.29) is 13.2 Å². The quantitative estimate of drug-likeness (QED) is 0.669. The van der Waals surface area contributed by atoms with Gasteiger partial charge in [0.2, 0.25) is 5.43 Å². The first-order chi connectivity index (χ1) is 12.0. The first kappa shape index (κ1) is 16.7. The Labute approximate surface area is 146 Å². The molecule has 0 bridgehead atoms. The molecule has 9 heteroatoms. The van der Waals surface area contributed by atoms with Gasteiger partial charge in [0.25, 0.3) is 0 Å². The van der Waals surface area contributed by atoms with Crippen LogP contribution in [0.1, 0.15) is 21.8 Å². The Balaban J connectivity index is 1.68. The van der Waals surface area contributed by atoms with Crippen molar-refractivity contribution in [2.45, 2.75) is 13.2 Å². The summed E-state index contributed by atoms with van der Waals surface area (Å²) in [7, 11) is 0. The van der Waals surface area contributed by atoms with Gasteiger partial charge in [-0.25, -0.2) is 4.68 Å². The van der Waals surface area contributed by atoms with E-state index >= 15 is 0 Å². The Hall–Kier alpha value is -3.13. The molecule has 0 fully saturated rings. The molecule has 0 unspecified atom stereocenters. The third kappa shape index (κ3) is 4.04. The van der Waals surface area contributed by atoms with Crippen molar-refractivity contribution in [3.05, 3.63) is 69.0 Å². The summed E-state index contributed by atoms with van der Waals surface area (Å²) in [6.07, 6.45) is 3.26. The number of carbonyl (C=O) groups is 1. The molecule has 0 aliphatic heterocycles. The summed E-state index contributed by atoms with van der Waals surface area (Å²) in [6.45, 7) is 0.250. The van der Waals surface area contributed by atoms with Gasteiger partial charge in [-0.1, -0.05) is 16.8 Å². The van der Waals surface area contributed by atoms with Crippen LogP contribution in [0.3, 0.4) is 0 Å². The van der Waals surface area contributed by atoms with Crippen molar-refractivity contribution in [1.82, 2.24) is 15.0 Å². The lowest BCUT2D eigenvalue weighted by Crippen LogP contribution is -2.05. The van der Waals surface area contributed by atoms with Gasteiger partial charge >= 0.3 is 0 Å². The highest BCUT2D eigenvalue weighted by Gasteiger charge is 2.08. The first-order valence-corrected chi connectivity index (χ1v) is 7.50. The number of hydrogen-bond donors (Lipinski definition) is 1. The molecular formula is C16H12ClN3O5. The number of ether oxygens (including phenoxy) is 1. The van der Waals surface area contributed by atoms with Crippen molar-refractivity contribution in [2.75, 3.05) is 0 Å². The normalized spacial score (nSPS) is 10.6. The number of benzene rings is 1. The smallest absolute Gasteiger partial charge is 0.226 e. The van der Waals surface area contributed by atoms with Gasteiger partial charge in [0.1, 0.15) is 36.6 Å². The molecule has 0 amide bonds. The summed E-state index contributed by atoms with van der Waals surface area (Å²) in [5.74, 6) is 0.212. The van der Waals surface area contributed by atoms with E-state index < -0.39 is 11.2 Å². The van der Waals surface area contributed by atoms with Crippen molar-refractivity contribution < 1.29 is 19.1 Å². The average molecular weight is 362 g/mol. The van der Waals surface area contributed by atoms with Crippen LogP contribution in [0.4, 0.5) is 0 Å². The number of hydrogen-bond acceptors (Lipinski definition) is 7. The summed E-state index contributed by atoms with van der Waals surface area (Å²) >= 11 is 5.89. The molecule has 0 saturated carbocycles. The van der Waals surface area contributed by atoms with Crippen LogP contribution >= 0.6 is 11.6 Å². The Morgan fingerprint density at radius 2 is 2.20 bits per heavy atom. The number of aromatic hydroxyl groups is 1. The summed E-state index contributed by atoms with van der Waals surface area (Å²) in [5, 5.41) is 17.5. The Morgan fingerprint density at radius 3 is 2.96 bits per heavy atom. The Morgan fingerprint density at radius 1 is 1.36 bits per heavy atom. The van der Waals surface area contributed by atoms with E-state index in [1.54, 1.807) is 24.4 Å². The van der Waals surface area contributed by atoms with Crippen molar-refractivity contribution in [3.8, 4) is 11.5 Å². The number of aldehydes is 1. The molecule has 0 radical (unpaired) electrons. The summed E-state index contributed by atoms with van der Waals surface area (Å²) in [6, 6.07) is 5.88. The first-order valence-electron chi connectivity index (χ1n) is 7.12. The molecule has 2 aromatic heterocycles. The van der Waals surface area contributed by atoms with E-state index in [9.17, 15) is 9.59 Å². The predicted octanol–water partition coefficient (Wildman–Crippen LogP) is 2.03. The highest BCUT2D eigenvalue weighted by atomic mass is 35.5. The van der Waals surface area contributed by atoms with Crippen molar-refractivity contribution in [3.63, 3.8) is 0 Å². The van der Waals surface area contributed by atoms with Gasteiger partial charge in [-0.2, -0.15) is 0 Å². The molecule has 3 aromatic rings. The second kappa shape index (κ2) is 7.18. The van der Waals surface area contributed by atoms with Gasteiger partial charge in [-0.05, 0) is 18.2 Å². The van der Waals surface area contributed by atoms with Gasteiger partial charge in [0.15, 0.2) is 12.0 Å². The van der Waals surface area contributed by atoms with Gasteiger partial charge in [-0.3, -0.25) is 9.59 Å². The second-order valence-electron chi connectivity index (χ2n) is 5.09.